The van der Waals surface area contributed by atoms with Crippen molar-refractivity contribution in [1.82, 2.24) is 4.98 Å². The van der Waals surface area contributed by atoms with E-state index < -0.39 is 0 Å². The highest BCUT2D eigenvalue weighted by atomic mass is 79.9. The summed E-state index contributed by atoms with van der Waals surface area (Å²) in [4.78, 5) is 4.96. The molecule has 5 heteroatoms. The highest BCUT2D eigenvalue weighted by Crippen LogP contribution is 2.33. The van der Waals surface area contributed by atoms with E-state index in [1.165, 1.54) is 17.5 Å². The molecule has 2 heterocycles. The molecular weight excluding hydrogens is 272 g/mol. The minimum atomic E-state index is 0.416. The van der Waals surface area contributed by atoms with E-state index in [1.54, 1.807) is 0 Å². The second-order valence-electron chi connectivity index (χ2n) is 2.37. The summed E-state index contributed by atoms with van der Waals surface area (Å²) in [5.74, 6) is 0. The molecule has 2 aromatic heterocycles. The molecule has 2 rings (SSSR count). The van der Waals surface area contributed by atoms with Crippen LogP contribution in [0.2, 0.25) is 5.02 Å². The van der Waals surface area contributed by atoms with E-state index in [4.69, 9.17) is 16.9 Å². The Balaban J connectivity index is 2.87. The van der Waals surface area contributed by atoms with Gasteiger partial charge in [-0.3, -0.25) is 0 Å². The van der Waals surface area contributed by atoms with Crippen molar-refractivity contribution in [3.8, 4) is 6.07 Å². The molecule has 0 saturated heterocycles. The van der Waals surface area contributed by atoms with Crippen molar-refractivity contribution in [2.24, 2.45) is 0 Å². The minimum Gasteiger partial charge on any atom is -0.244 e. The summed E-state index contributed by atoms with van der Waals surface area (Å²) in [6, 6.07) is 3.86. The molecule has 0 aromatic carbocycles. The zero-order valence-corrected chi connectivity index (χ0v) is 9.37. The van der Waals surface area contributed by atoms with Gasteiger partial charge < -0.3 is 0 Å². The number of hydrogen-bond acceptors (Lipinski definition) is 3. The number of nitrogens with zero attached hydrogens (tertiary/aromatic N) is 2. The first-order valence-corrected chi connectivity index (χ1v) is 5.35. The Morgan fingerprint density at radius 3 is 3.08 bits per heavy atom. The van der Waals surface area contributed by atoms with Gasteiger partial charge >= 0.3 is 0 Å². The third-order valence-corrected chi connectivity index (χ3v) is 3.54. The van der Waals surface area contributed by atoms with Crippen LogP contribution in [0, 0.1) is 11.3 Å². The SMILES string of the molecule is N#Cc1cnc2sc(Br)cc2c1Cl. The van der Waals surface area contributed by atoms with Crippen LogP contribution in [0.3, 0.4) is 0 Å². The molecule has 0 saturated carbocycles. The molecule has 0 aliphatic heterocycles. The highest BCUT2D eigenvalue weighted by Gasteiger charge is 2.08. The van der Waals surface area contributed by atoms with Gasteiger partial charge in [0.1, 0.15) is 10.9 Å². The van der Waals surface area contributed by atoms with E-state index >= 15 is 0 Å². The Morgan fingerprint density at radius 2 is 2.38 bits per heavy atom. The Bertz CT molecular complexity index is 515. The third kappa shape index (κ3) is 1.44. The first kappa shape index (κ1) is 8.95. The van der Waals surface area contributed by atoms with Crippen molar-refractivity contribution in [1.29, 1.82) is 5.26 Å². The monoisotopic (exact) mass is 272 g/mol. The number of fused-ring (bicyclic) bond motifs is 1. The summed E-state index contributed by atoms with van der Waals surface area (Å²) in [5, 5.41) is 10.0. The third-order valence-electron chi connectivity index (χ3n) is 1.59. The van der Waals surface area contributed by atoms with Crippen LogP contribution < -0.4 is 0 Å². The lowest BCUT2D eigenvalue weighted by Gasteiger charge is -1.93. The molecule has 0 fully saturated rings. The lowest BCUT2D eigenvalue weighted by molar-refractivity contribution is 1.39. The second-order valence-corrected chi connectivity index (χ2v) is 5.15. The molecule has 0 bridgehead atoms. The fourth-order valence-electron chi connectivity index (χ4n) is 1.01. The lowest BCUT2D eigenvalue weighted by atomic mass is 10.2. The summed E-state index contributed by atoms with van der Waals surface area (Å²) >= 11 is 10.8. The smallest absolute Gasteiger partial charge is 0.125 e. The zero-order valence-electron chi connectivity index (χ0n) is 6.21. The van der Waals surface area contributed by atoms with Gasteiger partial charge in [0.2, 0.25) is 0 Å². The van der Waals surface area contributed by atoms with E-state index in [0.717, 1.165) is 14.0 Å². The summed E-state index contributed by atoms with van der Waals surface area (Å²) in [7, 11) is 0. The van der Waals surface area contributed by atoms with Crippen LogP contribution in [0.1, 0.15) is 5.56 Å². The average molecular weight is 274 g/mol. The Morgan fingerprint density at radius 1 is 1.62 bits per heavy atom. The molecule has 0 radical (unpaired) electrons. The van der Waals surface area contributed by atoms with E-state index in [2.05, 4.69) is 20.9 Å². The quantitative estimate of drug-likeness (QED) is 0.735. The van der Waals surface area contributed by atoms with Crippen LogP contribution in [-0.4, -0.2) is 4.98 Å². The van der Waals surface area contributed by atoms with Crippen LogP contribution in [0.15, 0.2) is 16.0 Å². The summed E-state index contributed by atoms with van der Waals surface area (Å²) < 4.78 is 0.965. The normalized spacial score (nSPS) is 10.2. The summed E-state index contributed by atoms with van der Waals surface area (Å²) in [6.45, 7) is 0. The van der Waals surface area contributed by atoms with Gasteiger partial charge in [-0.2, -0.15) is 5.26 Å². The lowest BCUT2D eigenvalue weighted by Crippen LogP contribution is -1.79. The van der Waals surface area contributed by atoms with Crippen molar-refractivity contribution >= 4 is 49.1 Å². The van der Waals surface area contributed by atoms with E-state index in [0.29, 0.717) is 10.6 Å². The van der Waals surface area contributed by atoms with Gasteiger partial charge in [-0.05, 0) is 22.0 Å². The first-order chi connectivity index (χ1) is 6.22. The molecule has 64 valence electrons. The molecular formula is C8H2BrClN2S. The maximum absolute atomic E-state index is 8.70. The molecule has 2 nitrogen and oxygen atoms in total. The van der Waals surface area contributed by atoms with Crippen molar-refractivity contribution in [3.63, 3.8) is 0 Å². The minimum absolute atomic E-state index is 0.416. The van der Waals surface area contributed by atoms with E-state index in [-0.39, 0.29) is 0 Å². The largest absolute Gasteiger partial charge is 0.244 e. The predicted octanol–water partition coefficient (Wildman–Crippen LogP) is 3.58. The molecule has 13 heavy (non-hydrogen) atoms. The number of nitriles is 1. The predicted molar refractivity (Wildman–Crippen MR) is 57.0 cm³/mol. The fourth-order valence-corrected chi connectivity index (χ4v) is 2.73. The van der Waals surface area contributed by atoms with Crippen molar-refractivity contribution in [2.45, 2.75) is 0 Å². The second kappa shape index (κ2) is 3.26. The summed E-state index contributed by atoms with van der Waals surface area (Å²) in [5.41, 5.74) is 0.416. The fraction of sp³-hybridized carbons (Fsp3) is 0. The van der Waals surface area contributed by atoms with Gasteiger partial charge in [-0.1, -0.05) is 11.6 Å². The molecule has 0 unspecified atom stereocenters. The van der Waals surface area contributed by atoms with Crippen LogP contribution in [-0.2, 0) is 0 Å². The number of pyridine rings is 1. The average Bonchev–Trinajstić information content (AvgIpc) is 2.47. The number of hydrogen-bond donors (Lipinski definition) is 0. The van der Waals surface area contributed by atoms with Crippen LogP contribution >= 0.6 is 38.9 Å². The standard InChI is InChI=1S/C8H2BrClN2S/c9-6-1-5-7(10)4(2-11)3-12-8(5)13-6/h1,3H. The molecule has 0 spiro atoms. The van der Waals surface area contributed by atoms with Gasteiger partial charge in [0.05, 0.1) is 14.4 Å². The zero-order chi connectivity index (χ0) is 9.42. The summed E-state index contributed by atoms with van der Waals surface area (Å²) in [6.07, 6.45) is 1.49. The Kier molecular flexibility index (Phi) is 2.24. The Hall–Kier alpha value is -0.630. The molecule has 0 amide bonds. The van der Waals surface area contributed by atoms with Crippen molar-refractivity contribution < 1.29 is 0 Å². The van der Waals surface area contributed by atoms with Crippen molar-refractivity contribution in [3.05, 3.63) is 26.6 Å². The number of aromatic nitrogens is 1. The van der Waals surface area contributed by atoms with Gasteiger partial charge in [0.25, 0.3) is 0 Å². The topological polar surface area (TPSA) is 36.7 Å². The van der Waals surface area contributed by atoms with E-state index in [9.17, 15) is 0 Å². The number of thiophene rings is 1. The first-order valence-electron chi connectivity index (χ1n) is 3.36. The molecule has 0 atom stereocenters. The molecule has 0 aliphatic rings. The highest BCUT2D eigenvalue weighted by molar-refractivity contribution is 9.11. The van der Waals surface area contributed by atoms with Crippen LogP contribution in [0.4, 0.5) is 0 Å². The van der Waals surface area contributed by atoms with Gasteiger partial charge in [0.15, 0.2) is 0 Å². The molecule has 0 N–H and O–H groups in total. The molecule has 0 aliphatic carbocycles. The molecule has 2 aromatic rings. The maximum Gasteiger partial charge on any atom is 0.125 e. The van der Waals surface area contributed by atoms with Gasteiger partial charge in [-0.15, -0.1) is 11.3 Å². The van der Waals surface area contributed by atoms with Gasteiger partial charge in [0, 0.05) is 11.6 Å². The maximum atomic E-state index is 8.70. The van der Waals surface area contributed by atoms with Gasteiger partial charge in [-0.25, -0.2) is 4.98 Å². The van der Waals surface area contributed by atoms with Crippen molar-refractivity contribution in [2.75, 3.05) is 0 Å². The Labute approximate surface area is 91.9 Å². The van der Waals surface area contributed by atoms with E-state index in [1.807, 2.05) is 12.1 Å². The van der Waals surface area contributed by atoms with Crippen LogP contribution in [0.5, 0.6) is 0 Å². The number of halogens is 2. The number of rotatable bonds is 0. The van der Waals surface area contributed by atoms with Crippen LogP contribution in [0.25, 0.3) is 10.2 Å².